The Bertz CT molecular complexity index is 960. The van der Waals surface area contributed by atoms with E-state index in [0.717, 1.165) is 28.6 Å². The minimum absolute atomic E-state index is 0.583. The third kappa shape index (κ3) is 2.89. The smallest absolute Gasteiger partial charge is 0.254 e. The first-order valence-corrected chi connectivity index (χ1v) is 7.64. The van der Waals surface area contributed by atoms with Crippen LogP contribution >= 0.6 is 0 Å². The summed E-state index contributed by atoms with van der Waals surface area (Å²) in [4.78, 5) is 8.47. The zero-order chi connectivity index (χ0) is 16.4. The van der Waals surface area contributed by atoms with Gasteiger partial charge in [-0.15, -0.1) is 0 Å². The number of hydrogen-bond acceptors (Lipinski definition) is 5. The van der Waals surface area contributed by atoms with Crippen molar-refractivity contribution in [2.24, 2.45) is 0 Å². The molecule has 0 unspecified atom stereocenters. The largest absolute Gasteiger partial charge is 0.356 e. The lowest BCUT2D eigenvalue weighted by atomic mass is 10.2. The summed E-state index contributed by atoms with van der Waals surface area (Å²) < 4.78 is 1.68. The zero-order valence-corrected chi connectivity index (χ0v) is 13.1. The topological polar surface area (TPSA) is 67.1 Å². The van der Waals surface area contributed by atoms with Crippen LogP contribution in [0.15, 0.2) is 67.0 Å². The first-order valence-electron chi connectivity index (χ1n) is 7.64. The molecule has 0 saturated carbocycles. The van der Waals surface area contributed by atoms with Gasteiger partial charge in [0.05, 0.1) is 0 Å². The van der Waals surface area contributed by atoms with Crippen LogP contribution in [0.25, 0.3) is 5.78 Å². The van der Waals surface area contributed by atoms with Crippen LogP contribution in [0.5, 0.6) is 0 Å². The van der Waals surface area contributed by atoms with Crippen molar-refractivity contribution >= 4 is 28.7 Å². The first kappa shape index (κ1) is 14.2. The predicted octanol–water partition coefficient (Wildman–Crippen LogP) is 3.92. The van der Waals surface area contributed by atoms with E-state index in [1.54, 1.807) is 4.52 Å². The molecule has 24 heavy (non-hydrogen) atoms. The molecule has 2 N–H and O–H groups in total. The second-order valence-electron chi connectivity index (χ2n) is 5.45. The molecule has 4 aromatic rings. The van der Waals surface area contributed by atoms with E-state index in [-0.39, 0.29) is 0 Å². The Balaban J connectivity index is 1.56. The number of hydrogen-bond donors (Lipinski definition) is 2. The van der Waals surface area contributed by atoms with Crippen LogP contribution < -0.4 is 10.6 Å². The van der Waals surface area contributed by atoms with Crippen molar-refractivity contribution in [3.8, 4) is 0 Å². The lowest BCUT2D eigenvalue weighted by Gasteiger charge is -2.10. The summed E-state index contributed by atoms with van der Waals surface area (Å²) in [5.41, 5.74) is 3.95. The maximum absolute atomic E-state index is 4.34. The summed E-state index contributed by atoms with van der Waals surface area (Å²) in [6.45, 7) is 1.94. The highest BCUT2D eigenvalue weighted by atomic mass is 15.3. The van der Waals surface area contributed by atoms with Crippen molar-refractivity contribution in [2.75, 3.05) is 10.6 Å². The summed E-state index contributed by atoms with van der Waals surface area (Å²) >= 11 is 0. The summed E-state index contributed by atoms with van der Waals surface area (Å²) in [5, 5.41) is 10.9. The van der Waals surface area contributed by atoms with Crippen LogP contribution in [0.3, 0.4) is 0 Å². The molecule has 0 atom stereocenters. The summed E-state index contributed by atoms with van der Waals surface area (Å²) in [6, 6.07) is 20.1. The quantitative estimate of drug-likeness (QED) is 0.597. The monoisotopic (exact) mass is 316 g/mol. The van der Waals surface area contributed by atoms with Crippen molar-refractivity contribution in [1.82, 2.24) is 19.6 Å². The fraction of sp³-hybridized carbons (Fsp3) is 0.0556. The van der Waals surface area contributed by atoms with Gasteiger partial charge in [0, 0.05) is 28.8 Å². The molecule has 0 spiro atoms. The van der Waals surface area contributed by atoms with E-state index in [2.05, 4.69) is 25.7 Å². The third-order valence-corrected chi connectivity index (χ3v) is 3.60. The van der Waals surface area contributed by atoms with Gasteiger partial charge in [0.1, 0.15) is 12.1 Å². The van der Waals surface area contributed by atoms with E-state index < -0.39 is 0 Å². The van der Waals surface area contributed by atoms with E-state index in [1.807, 2.05) is 67.6 Å². The van der Waals surface area contributed by atoms with Crippen LogP contribution in [-0.4, -0.2) is 19.6 Å². The number of benzene rings is 2. The minimum atomic E-state index is 0.583. The summed E-state index contributed by atoms with van der Waals surface area (Å²) in [6.07, 6.45) is 1.50. The van der Waals surface area contributed by atoms with Gasteiger partial charge in [-0.25, -0.2) is 4.98 Å². The zero-order valence-electron chi connectivity index (χ0n) is 13.1. The van der Waals surface area contributed by atoms with Crippen molar-refractivity contribution in [1.29, 1.82) is 0 Å². The standard InChI is InChI=1S/C18H16N6/c1-13-11-17(24-18(21-13)19-12-20-24)23-16-9-7-15(8-10-16)22-14-5-3-2-4-6-14/h2-12,22-23H,1H3. The Kier molecular flexibility index (Phi) is 3.55. The highest BCUT2D eigenvalue weighted by Crippen LogP contribution is 2.21. The first-order chi connectivity index (χ1) is 11.8. The van der Waals surface area contributed by atoms with E-state index in [9.17, 15) is 0 Å². The van der Waals surface area contributed by atoms with Crippen molar-refractivity contribution < 1.29 is 0 Å². The maximum Gasteiger partial charge on any atom is 0.254 e. The highest BCUT2D eigenvalue weighted by Gasteiger charge is 2.06. The number of fused-ring (bicyclic) bond motifs is 1. The SMILES string of the molecule is Cc1cc(Nc2ccc(Nc3ccccc3)cc2)n2ncnc2n1. The number of rotatable bonds is 4. The van der Waals surface area contributed by atoms with Crippen LogP contribution in [0.2, 0.25) is 0 Å². The number of nitrogens with zero attached hydrogens (tertiary/aromatic N) is 4. The number of aryl methyl sites for hydroxylation is 1. The second-order valence-corrected chi connectivity index (χ2v) is 5.45. The van der Waals surface area contributed by atoms with Crippen LogP contribution in [0.4, 0.5) is 22.9 Å². The molecule has 6 heteroatoms. The lowest BCUT2D eigenvalue weighted by Crippen LogP contribution is -2.02. The molecule has 0 radical (unpaired) electrons. The number of para-hydroxylation sites is 1. The summed E-state index contributed by atoms with van der Waals surface area (Å²) in [5.74, 6) is 1.42. The Labute approximate surface area is 139 Å². The molecule has 0 aliphatic rings. The Hall–Kier alpha value is -3.41. The molecule has 118 valence electrons. The summed E-state index contributed by atoms with van der Waals surface area (Å²) in [7, 11) is 0. The lowest BCUT2D eigenvalue weighted by molar-refractivity contribution is 0.937. The molecule has 2 aromatic carbocycles. The van der Waals surface area contributed by atoms with Crippen molar-refractivity contribution in [3.63, 3.8) is 0 Å². The molecule has 0 amide bonds. The van der Waals surface area contributed by atoms with Crippen LogP contribution in [0.1, 0.15) is 5.69 Å². The fourth-order valence-electron chi connectivity index (χ4n) is 2.49. The predicted molar refractivity (Wildman–Crippen MR) is 95.0 cm³/mol. The third-order valence-electron chi connectivity index (χ3n) is 3.60. The average molecular weight is 316 g/mol. The van der Waals surface area contributed by atoms with Crippen LogP contribution in [-0.2, 0) is 0 Å². The van der Waals surface area contributed by atoms with E-state index >= 15 is 0 Å². The molecular formula is C18H16N6. The van der Waals surface area contributed by atoms with Gasteiger partial charge in [-0.1, -0.05) is 18.2 Å². The van der Waals surface area contributed by atoms with Crippen LogP contribution in [0, 0.1) is 6.92 Å². The molecule has 2 heterocycles. The maximum atomic E-state index is 4.34. The van der Waals surface area contributed by atoms with Gasteiger partial charge in [0.15, 0.2) is 0 Å². The Morgan fingerprint density at radius 2 is 1.50 bits per heavy atom. The van der Waals surface area contributed by atoms with Gasteiger partial charge in [-0.2, -0.15) is 14.6 Å². The Morgan fingerprint density at radius 3 is 2.25 bits per heavy atom. The number of aromatic nitrogens is 4. The molecule has 0 bridgehead atoms. The average Bonchev–Trinajstić information content (AvgIpc) is 3.06. The number of anilines is 4. The second kappa shape index (κ2) is 6.00. The molecule has 4 rings (SSSR count). The van der Waals surface area contributed by atoms with Gasteiger partial charge >= 0.3 is 0 Å². The van der Waals surface area contributed by atoms with Gasteiger partial charge in [0.2, 0.25) is 0 Å². The number of nitrogens with one attached hydrogen (secondary N) is 2. The molecule has 0 fully saturated rings. The van der Waals surface area contributed by atoms with Gasteiger partial charge < -0.3 is 10.6 Å². The van der Waals surface area contributed by atoms with Crippen molar-refractivity contribution in [2.45, 2.75) is 6.92 Å². The molecule has 0 aliphatic carbocycles. The van der Waals surface area contributed by atoms with Crippen molar-refractivity contribution in [3.05, 3.63) is 72.7 Å². The van der Waals surface area contributed by atoms with Gasteiger partial charge in [0.25, 0.3) is 5.78 Å². The minimum Gasteiger partial charge on any atom is -0.356 e. The van der Waals surface area contributed by atoms with E-state index in [4.69, 9.17) is 0 Å². The molecular weight excluding hydrogens is 300 g/mol. The van der Waals surface area contributed by atoms with E-state index in [0.29, 0.717) is 5.78 Å². The molecule has 0 aliphatic heterocycles. The van der Waals surface area contributed by atoms with Gasteiger partial charge in [-0.05, 0) is 43.3 Å². The normalized spacial score (nSPS) is 10.7. The molecule has 2 aromatic heterocycles. The molecule has 6 nitrogen and oxygen atoms in total. The van der Waals surface area contributed by atoms with Gasteiger partial charge in [-0.3, -0.25) is 0 Å². The fourth-order valence-corrected chi connectivity index (χ4v) is 2.49. The molecule has 0 saturated heterocycles. The Morgan fingerprint density at radius 1 is 0.833 bits per heavy atom. The van der Waals surface area contributed by atoms with E-state index in [1.165, 1.54) is 6.33 Å². The highest BCUT2D eigenvalue weighted by molar-refractivity contribution is 5.65.